The van der Waals surface area contributed by atoms with Crippen LogP contribution >= 0.6 is 0 Å². The summed E-state index contributed by atoms with van der Waals surface area (Å²) in [6, 6.07) is -0.337. The smallest absolute Gasteiger partial charge is 0.333 e. The number of nitrogens with two attached hydrogens (primary N) is 2. The number of urea groups is 1. The first-order valence-electron chi connectivity index (χ1n) is 6.25. The van der Waals surface area contributed by atoms with Crippen molar-refractivity contribution in [2.75, 3.05) is 19.7 Å². The zero-order valence-corrected chi connectivity index (χ0v) is 12.2. The van der Waals surface area contributed by atoms with E-state index in [1.54, 1.807) is 20.8 Å². The molecular formula is C12H23N5O3. The molecule has 0 aliphatic heterocycles. The molecule has 8 nitrogen and oxygen atoms in total. The number of carbonyl (C=O) groups excluding carboxylic acids is 2. The van der Waals surface area contributed by atoms with E-state index in [4.69, 9.17) is 16.2 Å². The molecule has 0 radical (unpaired) electrons. The number of ether oxygens (including phenoxy) is 1. The van der Waals surface area contributed by atoms with Crippen molar-refractivity contribution in [3.05, 3.63) is 12.2 Å². The maximum atomic E-state index is 11.9. The van der Waals surface area contributed by atoms with Gasteiger partial charge in [0.2, 0.25) is 0 Å². The quantitative estimate of drug-likeness (QED) is 0.196. The van der Waals surface area contributed by atoms with Gasteiger partial charge < -0.3 is 26.4 Å². The van der Waals surface area contributed by atoms with E-state index in [0.717, 1.165) is 0 Å². The highest BCUT2D eigenvalue weighted by atomic mass is 16.5. The Morgan fingerprint density at radius 2 is 2.05 bits per heavy atom. The molecule has 114 valence electrons. The predicted molar refractivity (Wildman–Crippen MR) is 76.8 cm³/mol. The van der Waals surface area contributed by atoms with Gasteiger partial charge in [-0.25, -0.2) is 14.6 Å². The SMILES string of the molecule is C=C(C)C(=O)OCCNC(=O)N(CC)C(C)N=C(N)N. The average Bonchev–Trinajstić information content (AvgIpc) is 2.34. The van der Waals surface area contributed by atoms with Gasteiger partial charge >= 0.3 is 12.0 Å². The lowest BCUT2D eigenvalue weighted by Crippen LogP contribution is -2.46. The van der Waals surface area contributed by atoms with Crippen LogP contribution in [0.25, 0.3) is 0 Å². The van der Waals surface area contributed by atoms with E-state index in [0.29, 0.717) is 12.1 Å². The lowest BCUT2D eigenvalue weighted by molar-refractivity contribution is -0.138. The van der Waals surface area contributed by atoms with Crippen molar-refractivity contribution in [2.24, 2.45) is 16.5 Å². The van der Waals surface area contributed by atoms with Gasteiger partial charge in [0, 0.05) is 12.1 Å². The predicted octanol–water partition coefficient (Wildman–Crippen LogP) is -0.243. The van der Waals surface area contributed by atoms with E-state index in [2.05, 4.69) is 16.9 Å². The summed E-state index contributed by atoms with van der Waals surface area (Å²) in [6.07, 6.45) is -0.469. The summed E-state index contributed by atoms with van der Waals surface area (Å²) in [7, 11) is 0. The molecule has 0 aliphatic rings. The number of amides is 2. The second-order valence-electron chi connectivity index (χ2n) is 4.12. The molecule has 8 heteroatoms. The first-order chi connectivity index (χ1) is 9.29. The molecule has 0 saturated carbocycles. The summed E-state index contributed by atoms with van der Waals surface area (Å²) in [6.45, 7) is 9.22. The molecule has 0 aromatic heterocycles. The number of nitrogens with zero attached hydrogens (tertiary/aromatic N) is 2. The van der Waals surface area contributed by atoms with Crippen molar-refractivity contribution in [1.82, 2.24) is 10.2 Å². The third-order valence-corrected chi connectivity index (χ3v) is 2.35. The molecule has 1 atom stereocenters. The standard InChI is InChI=1S/C12H23N5O3/c1-5-17(9(4)16-11(13)14)12(19)15-6-7-20-10(18)8(2)3/h9H,2,5-7H2,1,3-4H3,(H,15,19)(H4,13,14,16). The number of rotatable bonds is 7. The van der Waals surface area contributed by atoms with Gasteiger partial charge in [0.15, 0.2) is 5.96 Å². The molecule has 1 unspecified atom stereocenters. The Balaban J connectivity index is 4.21. The van der Waals surface area contributed by atoms with E-state index < -0.39 is 12.1 Å². The van der Waals surface area contributed by atoms with Gasteiger partial charge in [-0.05, 0) is 20.8 Å². The zero-order valence-electron chi connectivity index (χ0n) is 12.2. The van der Waals surface area contributed by atoms with Crippen molar-refractivity contribution >= 4 is 18.0 Å². The topological polar surface area (TPSA) is 123 Å². The molecule has 5 N–H and O–H groups in total. The number of nitrogens with one attached hydrogen (secondary N) is 1. The number of guanidine groups is 1. The molecule has 0 aromatic rings. The summed E-state index contributed by atoms with van der Waals surface area (Å²) in [5.74, 6) is -0.570. The number of hydrogen-bond acceptors (Lipinski definition) is 4. The molecular weight excluding hydrogens is 262 g/mol. The van der Waals surface area contributed by atoms with Crippen molar-refractivity contribution in [1.29, 1.82) is 0 Å². The number of esters is 1. The first kappa shape index (κ1) is 17.8. The van der Waals surface area contributed by atoms with Crippen LogP contribution in [-0.2, 0) is 9.53 Å². The Morgan fingerprint density at radius 1 is 1.45 bits per heavy atom. The van der Waals surface area contributed by atoms with Crippen molar-refractivity contribution < 1.29 is 14.3 Å². The van der Waals surface area contributed by atoms with Crippen LogP contribution in [0.15, 0.2) is 17.1 Å². The summed E-state index contributed by atoms with van der Waals surface area (Å²) >= 11 is 0. The normalized spacial score (nSPS) is 11.2. The Bertz CT molecular complexity index is 391. The van der Waals surface area contributed by atoms with E-state index in [9.17, 15) is 9.59 Å². The van der Waals surface area contributed by atoms with Gasteiger partial charge in [-0.1, -0.05) is 6.58 Å². The Hall–Kier alpha value is -2.25. The van der Waals surface area contributed by atoms with Crippen molar-refractivity contribution in [2.45, 2.75) is 26.9 Å². The Kier molecular flexibility index (Phi) is 7.80. The molecule has 0 spiro atoms. The van der Waals surface area contributed by atoms with Gasteiger partial charge in [-0.15, -0.1) is 0 Å². The fourth-order valence-electron chi connectivity index (χ4n) is 1.39. The van der Waals surface area contributed by atoms with Crippen molar-refractivity contribution in [3.63, 3.8) is 0 Å². The van der Waals surface area contributed by atoms with Gasteiger partial charge in [-0.2, -0.15) is 0 Å². The molecule has 0 saturated heterocycles. The van der Waals surface area contributed by atoms with Crippen molar-refractivity contribution in [3.8, 4) is 0 Å². The fourth-order valence-corrected chi connectivity index (χ4v) is 1.39. The number of hydrogen-bond donors (Lipinski definition) is 3. The van der Waals surface area contributed by atoms with E-state index >= 15 is 0 Å². The van der Waals surface area contributed by atoms with Gasteiger partial charge in [0.25, 0.3) is 0 Å². The minimum absolute atomic E-state index is 0.0751. The van der Waals surface area contributed by atoms with Crippen LogP contribution < -0.4 is 16.8 Å². The number of carbonyl (C=O) groups is 2. The molecule has 0 heterocycles. The van der Waals surface area contributed by atoms with Crippen LogP contribution in [0.3, 0.4) is 0 Å². The lowest BCUT2D eigenvalue weighted by Gasteiger charge is -2.25. The second-order valence-corrected chi connectivity index (χ2v) is 4.12. The average molecular weight is 285 g/mol. The van der Waals surface area contributed by atoms with Crippen LogP contribution in [0.1, 0.15) is 20.8 Å². The molecule has 0 fully saturated rings. The third-order valence-electron chi connectivity index (χ3n) is 2.35. The third kappa shape index (κ3) is 6.62. The van der Waals surface area contributed by atoms with Crippen LogP contribution in [0.2, 0.25) is 0 Å². The van der Waals surface area contributed by atoms with Crippen LogP contribution in [-0.4, -0.2) is 48.7 Å². The maximum absolute atomic E-state index is 11.9. The summed E-state index contributed by atoms with van der Waals surface area (Å²) in [5.41, 5.74) is 10.9. The summed E-state index contributed by atoms with van der Waals surface area (Å²) < 4.78 is 4.85. The second kappa shape index (κ2) is 8.78. The minimum atomic E-state index is -0.486. The van der Waals surface area contributed by atoms with Gasteiger partial charge in [0.05, 0.1) is 6.54 Å². The molecule has 0 aromatic carbocycles. The highest BCUT2D eigenvalue weighted by molar-refractivity contribution is 5.86. The van der Waals surface area contributed by atoms with Crippen LogP contribution in [0, 0.1) is 0 Å². The molecule has 20 heavy (non-hydrogen) atoms. The Labute approximate surface area is 118 Å². The molecule has 2 amide bonds. The Morgan fingerprint density at radius 3 is 2.50 bits per heavy atom. The van der Waals surface area contributed by atoms with E-state index in [-0.39, 0.29) is 25.1 Å². The first-order valence-corrected chi connectivity index (χ1v) is 6.25. The highest BCUT2D eigenvalue weighted by Gasteiger charge is 2.17. The van der Waals surface area contributed by atoms with Gasteiger partial charge in [0.1, 0.15) is 12.8 Å². The summed E-state index contributed by atoms with van der Waals surface area (Å²) in [5, 5.41) is 2.61. The molecule has 0 rings (SSSR count). The maximum Gasteiger partial charge on any atom is 0.333 e. The van der Waals surface area contributed by atoms with Gasteiger partial charge in [-0.3, -0.25) is 0 Å². The fraction of sp³-hybridized carbons (Fsp3) is 0.583. The molecule has 0 bridgehead atoms. The minimum Gasteiger partial charge on any atom is -0.460 e. The van der Waals surface area contributed by atoms with E-state index in [1.807, 2.05) is 0 Å². The van der Waals surface area contributed by atoms with Crippen LogP contribution in [0.4, 0.5) is 4.79 Å². The number of aliphatic imine (C=N–C) groups is 1. The lowest BCUT2D eigenvalue weighted by atomic mass is 10.4. The summed E-state index contributed by atoms with van der Waals surface area (Å²) in [4.78, 5) is 28.3. The molecule has 0 aliphatic carbocycles. The largest absolute Gasteiger partial charge is 0.460 e. The zero-order chi connectivity index (χ0) is 15.7. The highest BCUT2D eigenvalue weighted by Crippen LogP contribution is 2.00. The van der Waals surface area contributed by atoms with E-state index in [1.165, 1.54) is 4.90 Å². The monoisotopic (exact) mass is 285 g/mol. The van der Waals surface area contributed by atoms with Crippen LogP contribution in [0.5, 0.6) is 0 Å².